The van der Waals surface area contributed by atoms with Gasteiger partial charge in [0.25, 0.3) is 0 Å². The van der Waals surface area contributed by atoms with Gasteiger partial charge in [-0.25, -0.2) is 9.59 Å². The minimum atomic E-state index is -0.893. The minimum Gasteiger partial charge on any atom is -0.494 e. The lowest BCUT2D eigenvalue weighted by Gasteiger charge is -2.23. The molecule has 0 saturated heterocycles. The van der Waals surface area contributed by atoms with Crippen molar-refractivity contribution in [2.24, 2.45) is 0 Å². The number of aliphatic hydroxyl groups excluding tert-OH is 1. The highest BCUT2D eigenvalue weighted by molar-refractivity contribution is 5.96. The summed E-state index contributed by atoms with van der Waals surface area (Å²) in [7, 11) is 0. The molecule has 3 aromatic rings. The van der Waals surface area contributed by atoms with E-state index in [1.165, 1.54) is 0 Å². The zero-order chi connectivity index (χ0) is 32.6. The Kier molecular flexibility index (Phi) is 13.9. The van der Waals surface area contributed by atoms with Crippen LogP contribution >= 0.6 is 12.4 Å². The van der Waals surface area contributed by atoms with Gasteiger partial charge in [0.05, 0.1) is 30.4 Å². The van der Waals surface area contributed by atoms with Crippen LogP contribution in [0.5, 0.6) is 23.0 Å². The molecule has 0 amide bonds. The number of halogens is 1. The Morgan fingerprint density at radius 3 is 1.56 bits per heavy atom. The average Bonchev–Trinajstić information content (AvgIpc) is 2.93. The first kappa shape index (κ1) is 37.6. The minimum absolute atomic E-state index is 0. The van der Waals surface area contributed by atoms with Crippen LogP contribution < -0.4 is 24.3 Å². The zero-order valence-electron chi connectivity index (χ0n) is 28.0. The van der Waals surface area contributed by atoms with Gasteiger partial charge in [-0.3, -0.25) is 0 Å². The summed E-state index contributed by atoms with van der Waals surface area (Å²) in [4.78, 5) is 27.0. The molecule has 1 unspecified atom stereocenters. The number of aliphatic hydroxyl groups is 1. The number of esters is 2. The van der Waals surface area contributed by atoms with Crippen LogP contribution in [0.4, 0.5) is 0 Å². The third kappa shape index (κ3) is 10.5. The first-order valence-electron chi connectivity index (χ1n) is 15.2. The smallest absolute Gasteiger partial charge is 0.344 e. The second-order valence-electron chi connectivity index (χ2n) is 12.2. The van der Waals surface area contributed by atoms with E-state index in [1.807, 2.05) is 62.3 Å². The van der Waals surface area contributed by atoms with Crippen molar-refractivity contribution < 1.29 is 33.6 Å². The van der Waals surface area contributed by atoms with Gasteiger partial charge in [-0.2, -0.15) is 0 Å². The predicted octanol–water partition coefficient (Wildman–Crippen LogP) is 7.78. The van der Waals surface area contributed by atoms with Crippen LogP contribution in [0.3, 0.4) is 0 Å². The number of rotatable bonds is 13. The van der Waals surface area contributed by atoms with Crippen LogP contribution in [0, 0.1) is 27.7 Å². The van der Waals surface area contributed by atoms with Gasteiger partial charge in [0, 0.05) is 12.1 Å². The molecule has 8 nitrogen and oxygen atoms in total. The number of ether oxygens (including phenoxy) is 4. The molecular formula is C36H48ClNO7. The van der Waals surface area contributed by atoms with Gasteiger partial charge in [-0.15, -0.1) is 12.4 Å². The fourth-order valence-electron chi connectivity index (χ4n) is 4.82. The average molecular weight is 642 g/mol. The van der Waals surface area contributed by atoms with Gasteiger partial charge in [0.1, 0.15) is 11.5 Å². The lowest BCUT2D eigenvalue weighted by Crippen LogP contribution is -2.38. The lowest BCUT2D eigenvalue weighted by molar-refractivity contribution is 0.0679. The Balaban J connectivity index is 0.00000705. The monoisotopic (exact) mass is 641 g/mol. The summed E-state index contributed by atoms with van der Waals surface area (Å²) in [5, 5.41) is 14.2. The molecule has 3 aromatic carbocycles. The number of carbonyl (C=O) groups excluding carboxylic acids is 2. The van der Waals surface area contributed by atoms with Crippen LogP contribution in [0.2, 0.25) is 0 Å². The van der Waals surface area contributed by atoms with E-state index in [2.05, 4.69) is 5.32 Å². The molecule has 2 N–H and O–H groups in total. The van der Waals surface area contributed by atoms with Gasteiger partial charge in [0.2, 0.25) is 0 Å². The summed E-state index contributed by atoms with van der Waals surface area (Å²) in [5.74, 6) is 0.259. The van der Waals surface area contributed by atoms with Crippen molar-refractivity contribution in [3.8, 4) is 23.0 Å². The van der Waals surface area contributed by atoms with Crippen LogP contribution in [-0.2, 0) is 0 Å². The Morgan fingerprint density at radius 2 is 1.16 bits per heavy atom. The van der Waals surface area contributed by atoms with Crippen molar-refractivity contribution >= 4 is 24.3 Å². The van der Waals surface area contributed by atoms with Crippen molar-refractivity contribution in [2.75, 3.05) is 19.8 Å². The van der Waals surface area contributed by atoms with E-state index in [0.717, 1.165) is 12.8 Å². The SMILES string of the molecule is CCCOc1cc(C)c(C(=O)Oc2ccc(C(O)CNC(C)(C)C)cc2OC(=O)c2c(C)cc(OCCC)cc2C)c(C)c1.Cl. The first-order chi connectivity index (χ1) is 20.7. The largest absolute Gasteiger partial charge is 0.494 e. The van der Waals surface area contributed by atoms with E-state index >= 15 is 0 Å². The second-order valence-corrected chi connectivity index (χ2v) is 12.2. The standard InChI is InChI=1S/C36H47NO7.ClH/c1-10-14-41-27-16-22(3)32(23(4)17-27)34(39)43-30-13-12-26(29(38)21-37-36(7,8)9)20-31(30)44-35(40)33-24(5)18-28(19-25(33)6)42-15-11-2;/h12-13,16-20,29,37-38H,10-11,14-15,21H2,1-9H3;1H. The molecule has 1 atom stereocenters. The van der Waals surface area contributed by atoms with E-state index in [-0.39, 0.29) is 36.0 Å². The highest BCUT2D eigenvalue weighted by atomic mass is 35.5. The molecule has 0 aliphatic carbocycles. The van der Waals surface area contributed by atoms with Gasteiger partial charge in [-0.05, 0) is 126 Å². The second kappa shape index (κ2) is 16.6. The number of nitrogens with one attached hydrogen (secondary N) is 1. The number of benzene rings is 3. The van der Waals surface area contributed by atoms with E-state index in [4.69, 9.17) is 18.9 Å². The van der Waals surface area contributed by atoms with E-state index in [1.54, 1.807) is 42.5 Å². The van der Waals surface area contributed by atoms with Gasteiger partial charge >= 0.3 is 11.9 Å². The third-order valence-electron chi connectivity index (χ3n) is 6.95. The third-order valence-corrected chi connectivity index (χ3v) is 6.95. The Bertz CT molecular complexity index is 1430. The maximum Gasteiger partial charge on any atom is 0.344 e. The summed E-state index contributed by atoms with van der Waals surface area (Å²) in [6.45, 7) is 18.8. The van der Waals surface area contributed by atoms with Crippen LogP contribution in [0.1, 0.15) is 102 Å². The molecule has 9 heteroatoms. The molecule has 0 heterocycles. The molecule has 3 rings (SSSR count). The van der Waals surface area contributed by atoms with Gasteiger partial charge < -0.3 is 29.4 Å². The maximum atomic E-state index is 13.6. The number of aryl methyl sites for hydroxylation is 4. The van der Waals surface area contributed by atoms with Crippen LogP contribution in [0.15, 0.2) is 42.5 Å². The summed E-state index contributed by atoms with van der Waals surface area (Å²) in [5.41, 5.74) is 3.89. The Morgan fingerprint density at radius 1 is 0.733 bits per heavy atom. The van der Waals surface area contributed by atoms with Crippen molar-refractivity contribution in [3.63, 3.8) is 0 Å². The molecular weight excluding hydrogens is 594 g/mol. The molecule has 0 aliphatic heterocycles. The number of hydrogen-bond donors (Lipinski definition) is 2. The van der Waals surface area contributed by atoms with Gasteiger partial charge in [0.15, 0.2) is 11.5 Å². The van der Waals surface area contributed by atoms with Gasteiger partial charge in [-0.1, -0.05) is 19.9 Å². The van der Waals surface area contributed by atoms with Crippen molar-refractivity contribution in [3.05, 3.63) is 81.4 Å². The fraction of sp³-hybridized carbons (Fsp3) is 0.444. The fourth-order valence-corrected chi connectivity index (χ4v) is 4.82. The summed E-state index contributed by atoms with van der Waals surface area (Å²) < 4.78 is 23.3. The molecule has 0 radical (unpaired) electrons. The molecule has 0 bridgehead atoms. The molecule has 0 saturated carbocycles. The normalized spacial score (nSPS) is 11.8. The number of β-amino-alcohol motifs (C(OH)–C–C–N with tert-alkyl or cyclic N) is 1. The summed E-state index contributed by atoms with van der Waals surface area (Å²) >= 11 is 0. The van der Waals surface area contributed by atoms with E-state index in [0.29, 0.717) is 63.7 Å². The Labute approximate surface area is 273 Å². The summed E-state index contributed by atoms with van der Waals surface area (Å²) in [6.07, 6.45) is 0.845. The predicted molar refractivity (Wildman–Crippen MR) is 180 cm³/mol. The highest BCUT2D eigenvalue weighted by Crippen LogP contribution is 2.34. The molecule has 45 heavy (non-hydrogen) atoms. The lowest BCUT2D eigenvalue weighted by atomic mass is 10.0. The topological polar surface area (TPSA) is 103 Å². The number of carbonyl (C=O) groups is 2. The Hall–Kier alpha value is -3.59. The van der Waals surface area contributed by atoms with Crippen molar-refractivity contribution in [2.45, 2.75) is 86.8 Å². The van der Waals surface area contributed by atoms with Crippen LogP contribution in [0.25, 0.3) is 0 Å². The molecule has 0 aromatic heterocycles. The molecule has 0 fully saturated rings. The van der Waals surface area contributed by atoms with Crippen molar-refractivity contribution in [1.82, 2.24) is 5.32 Å². The zero-order valence-corrected chi connectivity index (χ0v) is 28.8. The first-order valence-corrected chi connectivity index (χ1v) is 15.2. The molecule has 0 aliphatic rings. The maximum absolute atomic E-state index is 13.6. The summed E-state index contributed by atoms with van der Waals surface area (Å²) in [6, 6.07) is 12.0. The van der Waals surface area contributed by atoms with Crippen molar-refractivity contribution in [1.29, 1.82) is 0 Å². The molecule has 0 spiro atoms. The van der Waals surface area contributed by atoms with Crippen LogP contribution in [-0.4, -0.2) is 42.3 Å². The number of hydrogen-bond acceptors (Lipinski definition) is 8. The highest BCUT2D eigenvalue weighted by Gasteiger charge is 2.24. The van der Waals surface area contributed by atoms with E-state index < -0.39 is 18.0 Å². The molecule has 246 valence electrons. The quantitative estimate of drug-likeness (QED) is 0.144. The van der Waals surface area contributed by atoms with E-state index in [9.17, 15) is 14.7 Å².